The molecule has 8 aromatic carbocycles. The van der Waals surface area contributed by atoms with Crippen molar-refractivity contribution < 1.29 is 0 Å². The molecule has 0 atom stereocenters. The van der Waals surface area contributed by atoms with Gasteiger partial charge in [-0.3, -0.25) is 0 Å². The van der Waals surface area contributed by atoms with Crippen LogP contribution in [0, 0.1) is 0 Å². The maximum absolute atomic E-state index is 2.44. The second kappa shape index (κ2) is 12.1. The summed E-state index contributed by atoms with van der Waals surface area (Å²) in [7, 11) is 0. The third-order valence-corrected chi connectivity index (χ3v) is 11.7. The van der Waals surface area contributed by atoms with Crippen LogP contribution in [0.1, 0.15) is 47.2 Å². The van der Waals surface area contributed by atoms with Crippen molar-refractivity contribution in [3.05, 3.63) is 234 Å². The van der Waals surface area contributed by atoms with Gasteiger partial charge in [0.1, 0.15) is 0 Å². The van der Waals surface area contributed by atoms with Gasteiger partial charge in [-0.2, -0.15) is 0 Å². The normalized spacial score (nSPS) is 14.2. The fraction of sp³-hybridized carbons (Fsp3) is 0.0769. The second-order valence-electron chi connectivity index (χ2n) is 14.9. The Morgan fingerprint density at radius 3 is 1.36 bits per heavy atom. The van der Waals surface area contributed by atoms with Crippen molar-refractivity contribution in [3.8, 4) is 33.4 Å². The first-order valence-electron chi connectivity index (χ1n) is 18.6. The smallest absolute Gasteiger partial charge is 0.0719 e. The predicted octanol–water partition coefficient (Wildman–Crippen LogP) is 13.5. The first-order chi connectivity index (χ1) is 26.0. The zero-order valence-corrected chi connectivity index (χ0v) is 30.0. The van der Waals surface area contributed by atoms with E-state index in [0.29, 0.717) is 0 Å². The van der Waals surface area contributed by atoms with Gasteiger partial charge in [0.15, 0.2) is 0 Å². The quantitative estimate of drug-likeness (QED) is 0.175. The van der Waals surface area contributed by atoms with Crippen LogP contribution < -0.4 is 4.90 Å². The maximum atomic E-state index is 2.44. The molecule has 0 N–H and O–H groups in total. The van der Waals surface area contributed by atoms with Gasteiger partial charge in [0, 0.05) is 22.5 Å². The van der Waals surface area contributed by atoms with Gasteiger partial charge in [-0.15, -0.1) is 0 Å². The minimum atomic E-state index is -0.386. The summed E-state index contributed by atoms with van der Waals surface area (Å²) in [6.07, 6.45) is 0. The SMILES string of the molecule is CC1(C)c2ccccc2C2(c3ccccc3-c3cc(-c4cccc(N(c5ccccc5)c5cccc(-c6ccccc6)c5)c4)ccc32)c2ccccc21. The van der Waals surface area contributed by atoms with Crippen molar-refractivity contribution in [2.45, 2.75) is 24.7 Å². The van der Waals surface area contributed by atoms with Gasteiger partial charge in [-0.05, 0) is 109 Å². The number of hydrogen-bond donors (Lipinski definition) is 0. The third kappa shape index (κ3) is 4.70. The molecular formula is C52H39N. The number of nitrogens with zero attached hydrogens (tertiary/aromatic N) is 1. The molecule has 1 spiro atoms. The van der Waals surface area contributed by atoms with E-state index in [1.165, 1.54) is 66.8 Å². The second-order valence-corrected chi connectivity index (χ2v) is 14.9. The van der Waals surface area contributed by atoms with E-state index in [1.807, 2.05) is 0 Å². The molecule has 0 aromatic heterocycles. The molecule has 0 aliphatic heterocycles. The lowest BCUT2D eigenvalue weighted by molar-refractivity contribution is 0.563. The van der Waals surface area contributed by atoms with Crippen LogP contribution in [-0.4, -0.2) is 0 Å². The number of benzene rings is 8. The molecule has 0 heterocycles. The number of para-hydroxylation sites is 1. The Morgan fingerprint density at radius 1 is 0.302 bits per heavy atom. The Kier molecular flexibility index (Phi) is 7.13. The zero-order chi connectivity index (χ0) is 35.6. The average Bonchev–Trinajstić information content (AvgIpc) is 3.51. The molecule has 0 saturated carbocycles. The largest absolute Gasteiger partial charge is 0.310 e. The van der Waals surface area contributed by atoms with Crippen LogP contribution >= 0.6 is 0 Å². The number of rotatable bonds is 5. The molecule has 10 rings (SSSR count). The highest BCUT2D eigenvalue weighted by molar-refractivity contribution is 5.91. The zero-order valence-electron chi connectivity index (χ0n) is 30.0. The summed E-state index contributed by atoms with van der Waals surface area (Å²) in [6.45, 7) is 4.76. The predicted molar refractivity (Wildman–Crippen MR) is 221 cm³/mol. The number of fused-ring (bicyclic) bond motifs is 9. The molecule has 53 heavy (non-hydrogen) atoms. The van der Waals surface area contributed by atoms with Crippen LogP contribution in [-0.2, 0) is 10.8 Å². The highest BCUT2D eigenvalue weighted by atomic mass is 15.1. The van der Waals surface area contributed by atoms with Gasteiger partial charge < -0.3 is 4.90 Å². The molecule has 252 valence electrons. The molecule has 0 radical (unpaired) electrons. The van der Waals surface area contributed by atoms with E-state index in [1.54, 1.807) is 0 Å². The summed E-state index contributed by atoms with van der Waals surface area (Å²) < 4.78 is 0. The molecule has 8 aromatic rings. The molecular weight excluding hydrogens is 639 g/mol. The maximum Gasteiger partial charge on any atom is 0.0719 e. The average molecular weight is 678 g/mol. The lowest BCUT2D eigenvalue weighted by Crippen LogP contribution is -2.40. The lowest BCUT2D eigenvalue weighted by atomic mass is 9.55. The summed E-state index contributed by atoms with van der Waals surface area (Å²) in [4.78, 5) is 2.37. The summed E-state index contributed by atoms with van der Waals surface area (Å²) in [5, 5.41) is 0. The Bertz CT molecular complexity index is 2600. The van der Waals surface area contributed by atoms with Crippen LogP contribution in [0.25, 0.3) is 33.4 Å². The van der Waals surface area contributed by atoms with Crippen LogP contribution in [0.2, 0.25) is 0 Å². The highest BCUT2D eigenvalue weighted by Crippen LogP contribution is 2.62. The molecule has 0 amide bonds. The molecule has 1 heteroatoms. The van der Waals surface area contributed by atoms with Crippen LogP contribution in [0.3, 0.4) is 0 Å². The Balaban J connectivity index is 1.14. The molecule has 0 saturated heterocycles. The molecule has 0 bridgehead atoms. The van der Waals surface area contributed by atoms with E-state index in [0.717, 1.165) is 17.1 Å². The van der Waals surface area contributed by atoms with Crippen molar-refractivity contribution in [1.82, 2.24) is 0 Å². The Labute approximate surface area is 312 Å². The fourth-order valence-corrected chi connectivity index (χ4v) is 9.35. The topological polar surface area (TPSA) is 3.24 Å². The van der Waals surface area contributed by atoms with Gasteiger partial charge >= 0.3 is 0 Å². The molecule has 0 unspecified atom stereocenters. The third-order valence-electron chi connectivity index (χ3n) is 11.7. The van der Waals surface area contributed by atoms with Crippen molar-refractivity contribution in [2.75, 3.05) is 4.90 Å². The standard InChI is InChI=1S/C52H39N/c1-51(2)47-27-11-13-29-49(47)52(50-30-14-12-28-48(50)51)45-26-10-9-25-43(45)44-35-39(31-32-46(44)52)38-20-16-24-42(34-38)53(40-21-7-4-8-22-40)41-23-15-19-37(33-41)36-17-5-3-6-18-36/h3-35H,1-2H3. The molecule has 1 nitrogen and oxygen atoms in total. The van der Waals surface area contributed by atoms with Gasteiger partial charge in [0.05, 0.1) is 5.41 Å². The van der Waals surface area contributed by atoms with E-state index < -0.39 is 0 Å². The van der Waals surface area contributed by atoms with E-state index >= 15 is 0 Å². The van der Waals surface area contributed by atoms with Crippen LogP contribution in [0.4, 0.5) is 17.1 Å². The lowest BCUT2D eigenvalue weighted by Gasteiger charge is -2.46. The first kappa shape index (κ1) is 31.3. The van der Waals surface area contributed by atoms with Crippen molar-refractivity contribution in [2.24, 2.45) is 0 Å². The molecule has 2 aliphatic carbocycles. The highest BCUT2D eigenvalue weighted by Gasteiger charge is 2.53. The number of anilines is 3. The van der Waals surface area contributed by atoms with E-state index in [2.05, 4.69) is 219 Å². The van der Waals surface area contributed by atoms with Gasteiger partial charge in [-0.25, -0.2) is 0 Å². The molecule has 2 aliphatic rings. The minimum absolute atomic E-state index is 0.109. The Morgan fingerprint density at radius 2 is 0.736 bits per heavy atom. The van der Waals surface area contributed by atoms with Crippen molar-refractivity contribution in [1.29, 1.82) is 0 Å². The summed E-state index contributed by atoms with van der Waals surface area (Å²) in [5.74, 6) is 0. The fourth-order valence-electron chi connectivity index (χ4n) is 9.35. The Hall–Kier alpha value is -6.44. The van der Waals surface area contributed by atoms with Gasteiger partial charge in [-0.1, -0.05) is 172 Å². The van der Waals surface area contributed by atoms with E-state index in [9.17, 15) is 0 Å². The minimum Gasteiger partial charge on any atom is -0.310 e. The van der Waals surface area contributed by atoms with Crippen molar-refractivity contribution in [3.63, 3.8) is 0 Å². The van der Waals surface area contributed by atoms with Crippen LogP contribution in [0.5, 0.6) is 0 Å². The summed E-state index contributed by atoms with van der Waals surface area (Å²) in [6, 6.07) is 73.8. The summed E-state index contributed by atoms with van der Waals surface area (Å²) in [5.41, 5.74) is 18.6. The van der Waals surface area contributed by atoms with Gasteiger partial charge in [0.2, 0.25) is 0 Å². The van der Waals surface area contributed by atoms with Crippen LogP contribution in [0.15, 0.2) is 200 Å². The molecule has 0 fully saturated rings. The summed E-state index contributed by atoms with van der Waals surface area (Å²) >= 11 is 0. The van der Waals surface area contributed by atoms with E-state index in [-0.39, 0.29) is 10.8 Å². The van der Waals surface area contributed by atoms with Gasteiger partial charge in [0.25, 0.3) is 0 Å². The monoisotopic (exact) mass is 677 g/mol. The van der Waals surface area contributed by atoms with E-state index in [4.69, 9.17) is 0 Å². The first-order valence-corrected chi connectivity index (χ1v) is 18.6. The van der Waals surface area contributed by atoms with Crippen molar-refractivity contribution >= 4 is 17.1 Å². The number of hydrogen-bond acceptors (Lipinski definition) is 1.